The molecule has 2 aromatic heterocycles. The van der Waals surface area contributed by atoms with Crippen LogP contribution >= 0.6 is 0 Å². The van der Waals surface area contributed by atoms with Crippen LogP contribution < -0.4 is 10.5 Å². The molecule has 1 aromatic carbocycles. The van der Waals surface area contributed by atoms with Crippen molar-refractivity contribution in [1.82, 2.24) is 14.5 Å². The van der Waals surface area contributed by atoms with Gasteiger partial charge in [-0.3, -0.25) is 13.6 Å². The Balaban J connectivity index is 0.00000176. The van der Waals surface area contributed by atoms with Crippen molar-refractivity contribution in [2.24, 2.45) is 7.05 Å². The Labute approximate surface area is 210 Å². The molecule has 4 rings (SSSR count). The van der Waals surface area contributed by atoms with Gasteiger partial charge in [-0.25, -0.2) is 23.1 Å². The number of methoxy groups -OCH3 is 1. The summed E-state index contributed by atoms with van der Waals surface area (Å²) in [5, 5.41) is 0.538. The van der Waals surface area contributed by atoms with Crippen LogP contribution in [0.5, 0.6) is 0 Å². The van der Waals surface area contributed by atoms with Crippen molar-refractivity contribution in [1.29, 1.82) is 0 Å². The van der Waals surface area contributed by atoms with Crippen LogP contribution in [0.15, 0.2) is 35.4 Å². The Morgan fingerprint density at radius 3 is 2.50 bits per heavy atom. The fourth-order valence-electron chi connectivity index (χ4n) is 4.48. The Bertz CT molecular complexity index is 1310. The number of halogens is 3. The highest BCUT2D eigenvalue weighted by molar-refractivity contribution is 7.85. The first-order chi connectivity index (χ1) is 17.2. The lowest BCUT2D eigenvalue weighted by Gasteiger charge is -2.35. The number of ether oxygens (including phenoxy) is 1. The molecule has 0 unspecified atom stereocenters. The lowest BCUT2D eigenvalue weighted by molar-refractivity contribution is -0.0238. The van der Waals surface area contributed by atoms with Crippen molar-refractivity contribution < 1.29 is 22.1 Å². The molecule has 1 fully saturated rings. The molecule has 0 aliphatic carbocycles. The maximum absolute atomic E-state index is 14.6. The first-order valence-corrected chi connectivity index (χ1v) is 13.2. The van der Waals surface area contributed by atoms with Crippen molar-refractivity contribution in [2.45, 2.75) is 45.3 Å². The normalized spacial score (nSPS) is 19.8. The minimum absolute atomic E-state index is 0.0227. The number of anilines is 1. The van der Waals surface area contributed by atoms with Gasteiger partial charge in [0.05, 0.1) is 22.1 Å². The van der Waals surface area contributed by atoms with Crippen LogP contribution in [0.2, 0.25) is 0 Å². The molecule has 0 N–H and O–H groups in total. The number of hydrogen-bond donors (Lipinski definition) is 0. The lowest BCUT2D eigenvalue weighted by atomic mass is 9.88. The SMILES string of the molecule is CC.COC1(c2cc3c(N(C)Cc4cccc(C(F)F)c4F)ncnc3n(C)c2=O)CCS(=O)CC1. The van der Waals surface area contributed by atoms with Gasteiger partial charge in [-0.15, -0.1) is 0 Å². The van der Waals surface area contributed by atoms with Gasteiger partial charge in [0.25, 0.3) is 12.0 Å². The van der Waals surface area contributed by atoms with E-state index in [-0.39, 0.29) is 17.7 Å². The zero-order chi connectivity index (χ0) is 26.6. The topological polar surface area (TPSA) is 77.3 Å². The second kappa shape index (κ2) is 11.5. The molecule has 36 heavy (non-hydrogen) atoms. The van der Waals surface area contributed by atoms with Crippen molar-refractivity contribution >= 4 is 27.7 Å². The van der Waals surface area contributed by atoms with E-state index in [1.807, 2.05) is 13.8 Å². The quantitative estimate of drug-likeness (QED) is 0.474. The molecular formula is C25H31F3N4O3S. The van der Waals surface area contributed by atoms with E-state index in [1.165, 1.54) is 30.1 Å². The lowest BCUT2D eigenvalue weighted by Crippen LogP contribution is -2.42. The highest BCUT2D eigenvalue weighted by atomic mass is 32.2. The van der Waals surface area contributed by atoms with Crippen LogP contribution in [0.3, 0.4) is 0 Å². The minimum atomic E-state index is -2.92. The van der Waals surface area contributed by atoms with Gasteiger partial charge >= 0.3 is 0 Å². The molecule has 0 bridgehead atoms. The fourth-order valence-corrected chi connectivity index (χ4v) is 5.79. The number of hydrogen-bond acceptors (Lipinski definition) is 6. The van der Waals surface area contributed by atoms with Gasteiger partial charge in [-0.05, 0) is 18.9 Å². The molecular weight excluding hydrogens is 493 g/mol. The van der Waals surface area contributed by atoms with Gasteiger partial charge in [0.2, 0.25) is 0 Å². The zero-order valence-corrected chi connectivity index (χ0v) is 21.9. The molecule has 0 spiro atoms. The first kappa shape index (κ1) is 27.8. The molecule has 1 aliphatic rings. The number of alkyl halides is 2. The second-order valence-electron chi connectivity index (χ2n) is 8.38. The molecule has 0 atom stereocenters. The van der Waals surface area contributed by atoms with Crippen LogP contribution in [0.25, 0.3) is 11.0 Å². The number of aromatic nitrogens is 3. The number of fused-ring (bicyclic) bond motifs is 1. The van der Waals surface area contributed by atoms with E-state index in [1.54, 1.807) is 25.1 Å². The molecule has 3 heterocycles. The minimum Gasteiger partial charge on any atom is -0.373 e. The Kier molecular flexibility index (Phi) is 8.89. The first-order valence-electron chi connectivity index (χ1n) is 11.7. The smallest absolute Gasteiger partial charge is 0.266 e. The monoisotopic (exact) mass is 524 g/mol. The van der Waals surface area contributed by atoms with Gasteiger partial charge < -0.3 is 9.64 Å². The molecule has 1 saturated heterocycles. The summed E-state index contributed by atoms with van der Waals surface area (Å²) >= 11 is 0. The predicted octanol–water partition coefficient (Wildman–Crippen LogP) is 4.45. The Morgan fingerprint density at radius 2 is 1.89 bits per heavy atom. The average molecular weight is 525 g/mol. The van der Waals surface area contributed by atoms with Gasteiger partial charge in [-0.2, -0.15) is 0 Å². The summed E-state index contributed by atoms with van der Waals surface area (Å²) < 4.78 is 60.1. The van der Waals surface area contributed by atoms with Crippen LogP contribution in [-0.2, 0) is 34.7 Å². The molecule has 3 aromatic rings. The summed E-state index contributed by atoms with van der Waals surface area (Å²) in [6.45, 7) is 3.98. The second-order valence-corrected chi connectivity index (χ2v) is 10.1. The summed E-state index contributed by atoms with van der Waals surface area (Å²) in [6, 6.07) is 5.59. The summed E-state index contributed by atoms with van der Waals surface area (Å²) in [4.78, 5) is 23.5. The molecule has 0 radical (unpaired) electrons. The van der Waals surface area contributed by atoms with E-state index in [0.29, 0.717) is 46.8 Å². The summed E-state index contributed by atoms with van der Waals surface area (Å²) in [5.74, 6) is 0.304. The van der Waals surface area contributed by atoms with Gasteiger partial charge in [-0.1, -0.05) is 32.0 Å². The molecule has 7 nitrogen and oxygen atoms in total. The third-order valence-corrected chi connectivity index (χ3v) is 7.76. The van der Waals surface area contributed by atoms with E-state index in [9.17, 15) is 22.2 Å². The molecule has 0 amide bonds. The van der Waals surface area contributed by atoms with Crippen LogP contribution in [0.1, 0.15) is 49.8 Å². The van der Waals surface area contributed by atoms with Crippen molar-refractivity contribution in [3.63, 3.8) is 0 Å². The largest absolute Gasteiger partial charge is 0.373 e. The van der Waals surface area contributed by atoms with E-state index in [0.717, 1.165) is 6.07 Å². The molecule has 1 aliphatic heterocycles. The van der Waals surface area contributed by atoms with Crippen LogP contribution in [0, 0.1) is 5.82 Å². The fraction of sp³-hybridized carbons (Fsp3) is 0.480. The average Bonchev–Trinajstić information content (AvgIpc) is 2.89. The van der Waals surface area contributed by atoms with Crippen LogP contribution in [-0.4, -0.2) is 44.4 Å². The molecule has 196 valence electrons. The van der Waals surface area contributed by atoms with E-state index >= 15 is 0 Å². The number of nitrogens with zero attached hydrogens (tertiary/aromatic N) is 4. The Morgan fingerprint density at radius 1 is 1.22 bits per heavy atom. The highest BCUT2D eigenvalue weighted by Crippen LogP contribution is 2.36. The van der Waals surface area contributed by atoms with Gasteiger partial charge in [0, 0.05) is 55.6 Å². The number of pyridine rings is 1. The third kappa shape index (κ3) is 5.17. The number of aryl methyl sites for hydroxylation is 1. The van der Waals surface area contributed by atoms with Gasteiger partial charge in [0.15, 0.2) is 0 Å². The molecule has 0 saturated carbocycles. The zero-order valence-electron chi connectivity index (χ0n) is 21.1. The maximum atomic E-state index is 14.6. The van der Waals surface area contributed by atoms with Crippen molar-refractivity contribution in [3.8, 4) is 0 Å². The van der Waals surface area contributed by atoms with Crippen molar-refractivity contribution in [3.05, 3.63) is 63.5 Å². The molecule has 11 heteroatoms. The summed E-state index contributed by atoms with van der Waals surface area (Å²) in [6.07, 6.45) is -0.755. The predicted molar refractivity (Wildman–Crippen MR) is 135 cm³/mol. The summed E-state index contributed by atoms with van der Waals surface area (Å²) in [7, 11) is 3.84. The van der Waals surface area contributed by atoms with E-state index in [4.69, 9.17) is 4.74 Å². The van der Waals surface area contributed by atoms with Crippen LogP contribution in [0.4, 0.5) is 19.0 Å². The number of benzene rings is 1. The maximum Gasteiger partial charge on any atom is 0.266 e. The van der Waals surface area contributed by atoms with Crippen molar-refractivity contribution in [2.75, 3.05) is 30.6 Å². The Hall–Kier alpha value is -2.79. The van der Waals surface area contributed by atoms with E-state index < -0.39 is 34.2 Å². The van der Waals surface area contributed by atoms with E-state index in [2.05, 4.69) is 9.97 Å². The third-order valence-electron chi connectivity index (χ3n) is 6.44. The standard InChI is InChI=1S/C23H25F3N4O3S.C2H6/c1-29(12-14-5-4-6-15(18(14)24)19(25)26)20-16-11-17(22(31)30(2)21(16)28-13-27-20)23(33-3)7-9-34(32)10-8-23;1-2/h4-6,11,13,19H,7-10,12H2,1-3H3;1-2H3. The summed E-state index contributed by atoms with van der Waals surface area (Å²) in [5.41, 5.74) is -0.930. The van der Waals surface area contributed by atoms with Gasteiger partial charge in [0.1, 0.15) is 23.6 Å². The number of rotatable bonds is 6. The highest BCUT2D eigenvalue weighted by Gasteiger charge is 2.39.